The maximum atomic E-state index is 10.4. The molecule has 2 amide bonds. The molecule has 0 fully saturated rings. The summed E-state index contributed by atoms with van der Waals surface area (Å²) in [5.74, 6) is 0. The number of carbonyl (C=O) groups is 1. The van der Waals surface area contributed by atoms with Gasteiger partial charge in [0.2, 0.25) is 0 Å². The summed E-state index contributed by atoms with van der Waals surface area (Å²) in [6, 6.07) is 1.93. The first kappa shape index (κ1) is 11.1. The van der Waals surface area contributed by atoms with Crippen LogP contribution in [0.2, 0.25) is 0 Å². The van der Waals surface area contributed by atoms with E-state index < -0.39 is 11.0 Å². The standard InChI is InChI=1S/C6H6N4O4S/c11-6(9-12)8-7-3-4-1-2-5(15-4)10(13)14/h1-3,12H,(H2,8,9,11). The maximum Gasteiger partial charge on any atom is 0.358 e. The van der Waals surface area contributed by atoms with Crippen LogP contribution in [0.15, 0.2) is 17.2 Å². The fourth-order valence-electron chi connectivity index (χ4n) is 0.689. The van der Waals surface area contributed by atoms with E-state index in [2.05, 4.69) is 5.10 Å². The fourth-order valence-corrected chi connectivity index (χ4v) is 1.38. The van der Waals surface area contributed by atoms with Gasteiger partial charge < -0.3 is 0 Å². The predicted molar refractivity (Wildman–Crippen MR) is 52.0 cm³/mol. The quantitative estimate of drug-likeness (QED) is 0.306. The highest BCUT2D eigenvalue weighted by atomic mass is 32.1. The van der Waals surface area contributed by atoms with Gasteiger partial charge in [-0.25, -0.2) is 15.7 Å². The van der Waals surface area contributed by atoms with Crippen LogP contribution < -0.4 is 10.9 Å². The molecule has 9 heteroatoms. The van der Waals surface area contributed by atoms with Crippen molar-refractivity contribution in [1.29, 1.82) is 0 Å². The first-order chi connectivity index (χ1) is 7.13. The minimum atomic E-state index is -0.891. The van der Waals surface area contributed by atoms with Crippen LogP contribution in [0.1, 0.15) is 4.88 Å². The van der Waals surface area contributed by atoms with Crippen molar-refractivity contribution in [3.05, 3.63) is 27.1 Å². The summed E-state index contributed by atoms with van der Waals surface area (Å²) < 4.78 is 0. The van der Waals surface area contributed by atoms with E-state index in [1.807, 2.05) is 5.43 Å². The molecule has 1 aromatic heterocycles. The van der Waals surface area contributed by atoms with E-state index in [1.165, 1.54) is 23.8 Å². The smallest absolute Gasteiger partial charge is 0.287 e. The van der Waals surface area contributed by atoms with Gasteiger partial charge in [-0.05, 0) is 6.07 Å². The number of carbonyl (C=O) groups excluding carboxylic acids is 1. The summed E-state index contributed by atoms with van der Waals surface area (Å²) in [6.07, 6.45) is 1.23. The van der Waals surface area contributed by atoms with E-state index in [4.69, 9.17) is 5.21 Å². The van der Waals surface area contributed by atoms with E-state index in [0.29, 0.717) is 4.88 Å². The Hall–Kier alpha value is -2.00. The Morgan fingerprint density at radius 1 is 1.67 bits per heavy atom. The number of nitrogens with one attached hydrogen (secondary N) is 2. The minimum absolute atomic E-state index is 0.0111. The second-order valence-electron chi connectivity index (χ2n) is 2.24. The third-order valence-corrected chi connectivity index (χ3v) is 2.22. The minimum Gasteiger partial charge on any atom is -0.287 e. The average molecular weight is 230 g/mol. The van der Waals surface area contributed by atoms with Crippen molar-refractivity contribution in [2.45, 2.75) is 0 Å². The van der Waals surface area contributed by atoms with Crippen molar-refractivity contribution in [1.82, 2.24) is 10.9 Å². The van der Waals surface area contributed by atoms with Crippen LogP contribution in [0.25, 0.3) is 0 Å². The SMILES string of the molecule is O=C(NO)NN=Cc1ccc([N+](=O)[O-])s1. The van der Waals surface area contributed by atoms with Gasteiger partial charge in [0.25, 0.3) is 0 Å². The zero-order chi connectivity index (χ0) is 11.3. The van der Waals surface area contributed by atoms with Gasteiger partial charge in [-0.3, -0.25) is 15.3 Å². The van der Waals surface area contributed by atoms with Crippen molar-refractivity contribution < 1.29 is 14.9 Å². The highest BCUT2D eigenvalue weighted by Gasteiger charge is 2.07. The van der Waals surface area contributed by atoms with Crippen molar-refractivity contribution in [3.63, 3.8) is 0 Å². The van der Waals surface area contributed by atoms with Crippen molar-refractivity contribution >= 4 is 28.6 Å². The number of nitro groups is 1. The Kier molecular flexibility index (Phi) is 3.71. The topological polar surface area (TPSA) is 117 Å². The fraction of sp³-hybridized carbons (Fsp3) is 0. The van der Waals surface area contributed by atoms with Gasteiger partial charge in [0.1, 0.15) is 0 Å². The first-order valence-electron chi connectivity index (χ1n) is 3.61. The number of hydrogen-bond acceptors (Lipinski definition) is 6. The molecular weight excluding hydrogens is 224 g/mol. The van der Waals surface area contributed by atoms with Gasteiger partial charge in [0.05, 0.1) is 16.0 Å². The van der Waals surface area contributed by atoms with Gasteiger partial charge in [-0.1, -0.05) is 11.3 Å². The molecule has 1 aromatic rings. The summed E-state index contributed by atoms with van der Waals surface area (Å²) >= 11 is 0.918. The van der Waals surface area contributed by atoms with Gasteiger partial charge in [-0.15, -0.1) is 0 Å². The lowest BCUT2D eigenvalue weighted by molar-refractivity contribution is -0.380. The van der Waals surface area contributed by atoms with Crippen molar-refractivity contribution in [3.8, 4) is 0 Å². The van der Waals surface area contributed by atoms with Gasteiger partial charge in [0.15, 0.2) is 0 Å². The lowest BCUT2D eigenvalue weighted by Gasteiger charge is -1.93. The Balaban J connectivity index is 2.57. The number of hydrazone groups is 1. The second-order valence-corrected chi connectivity index (χ2v) is 3.34. The van der Waals surface area contributed by atoms with Crippen LogP contribution in [0, 0.1) is 10.1 Å². The van der Waals surface area contributed by atoms with Crippen LogP contribution in [-0.2, 0) is 0 Å². The molecule has 3 N–H and O–H groups in total. The Labute approximate surface area is 87.3 Å². The van der Waals surface area contributed by atoms with Crippen LogP contribution >= 0.6 is 11.3 Å². The van der Waals surface area contributed by atoms with Crippen LogP contribution in [0.3, 0.4) is 0 Å². The molecule has 0 saturated carbocycles. The third-order valence-electron chi connectivity index (χ3n) is 1.25. The summed E-state index contributed by atoms with van der Waals surface area (Å²) in [5.41, 5.74) is 3.23. The summed E-state index contributed by atoms with van der Waals surface area (Å²) in [6.45, 7) is 0. The van der Waals surface area contributed by atoms with E-state index >= 15 is 0 Å². The van der Waals surface area contributed by atoms with Crippen LogP contribution in [0.4, 0.5) is 9.80 Å². The number of rotatable bonds is 3. The van der Waals surface area contributed by atoms with E-state index in [9.17, 15) is 14.9 Å². The monoisotopic (exact) mass is 230 g/mol. The number of hydroxylamine groups is 1. The van der Waals surface area contributed by atoms with Gasteiger partial charge >= 0.3 is 11.0 Å². The van der Waals surface area contributed by atoms with Crippen molar-refractivity contribution in [2.24, 2.45) is 5.10 Å². The normalized spacial score (nSPS) is 10.2. The Morgan fingerprint density at radius 2 is 2.40 bits per heavy atom. The van der Waals surface area contributed by atoms with Crippen molar-refractivity contribution in [2.75, 3.05) is 0 Å². The molecule has 1 rings (SSSR count). The number of urea groups is 1. The largest absolute Gasteiger partial charge is 0.358 e. The highest BCUT2D eigenvalue weighted by molar-refractivity contribution is 7.16. The highest BCUT2D eigenvalue weighted by Crippen LogP contribution is 2.22. The molecule has 0 aliphatic rings. The number of amides is 2. The lowest BCUT2D eigenvalue weighted by Crippen LogP contribution is -2.29. The molecule has 0 unspecified atom stereocenters. The molecule has 80 valence electrons. The molecule has 0 saturated heterocycles. The lowest BCUT2D eigenvalue weighted by atomic mass is 10.5. The molecule has 0 bridgehead atoms. The van der Waals surface area contributed by atoms with Gasteiger partial charge in [-0.2, -0.15) is 5.10 Å². The molecule has 15 heavy (non-hydrogen) atoms. The molecule has 8 nitrogen and oxygen atoms in total. The molecule has 0 aliphatic carbocycles. The molecular formula is C6H6N4O4S. The second kappa shape index (κ2) is 5.02. The number of hydrogen-bond donors (Lipinski definition) is 3. The van der Waals surface area contributed by atoms with Crippen LogP contribution in [0.5, 0.6) is 0 Å². The molecule has 0 spiro atoms. The van der Waals surface area contributed by atoms with E-state index in [1.54, 1.807) is 0 Å². The van der Waals surface area contributed by atoms with Crippen LogP contribution in [-0.4, -0.2) is 22.4 Å². The Morgan fingerprint density at radius 3 is 2.93 bits per heavy atom. The zero-order valence-corrected chi connectivity index (χ0v) is 8.02. The molecule has 0 radical (unpaired) electrons. The molecule has 0 aromatic carbocycles. The summed E-state index contributed by atoms with van der Waals surface area (Å²) in [5, 5.41) is 21.8. The third kappa shape index (κ3) is 3.32. The summed E-state index contributed by atoms with van der Waals surface area (Å²) in [7, 11) is 0. The predicted octanol–water partition coefficient (Wildman–Crippen LogP) is 0.679. The van der Waals surface area contributed by atoms with E-state index in [-0.39, 0.29) is 5.00 Å². The van der Waals surface area contributed by atoms with E-state index in [0.717, 1.165) is 11.3 Å². The number of nitrogens with zero attached hydrogens (tertiary/aromatic N) is 2. The summed E-state index contributed by atoms with van der Waals surface area (Å²) in [4.78, 5) is 20.7. The average Bonchev–Trinajstić information content (AvgIpc) is 2.66. The molecule has 0 atom stereocenters. The zero-order valence-electron chi connectivity index (χ0n) is 7.21. The first-order valence-corrected chi connectivity index (χ1v) is 4.42. The Bertz CT molecular complexity index is 402. The number of thiophene rings is 1. The van der Waals surface area contributed by atoms with Gasteiger partial charge in [0, 0.05) is 6.07 Å². The molecule has 1 heterocycles. The molecule has 0 aliphatic heterocycles. The maximum absolute atomic E-state index is 10.4.